The van der Waals surface area contributed by atoms with Gasteiger partial charge in [-0.2, -0.15) is 0 Å². The molecule has 0 saturated carbocycles. The minimum atomic E-state index is -0.385. The zero-order chi connectivity index (χ0) is 20.1. The molecule has 2 aromatic rings. The van der Waals surface area contributed by atoms with Crippen molar-refractivity contribution in [3.05, 3.63) is 71.0 Å². The molecule has 28 heavy (non-hydrogen) atoms. The molecular weight excluding hydrogens is 359 g/mol. The van der Waals surface area contributed by atoms with Gasteiger partial charge in [0, 0.05) is 30.8 Å². The number of carbonyl (C=O) groups is 3. The van der Waals surface area contributed by atoms with E-state index in [1.165, 1.54) is 31.2 Å². The average molecular weight is 382 g/mol. The maximum Gasteiger partial charge on any atom is 0.254 e. The number of benzene rings is 2. The van der Waals surface area contributed by atoms with Crippen molar-refractivity contribution in [2.75, 3.05) is 19.6 Å². The first kappa shape index (κ1) is 19.7. The van der Waals surface area contributed by atoms with Gasteiger partial charge in [-0.15, -0.1) is 0 Å². The van der Waals surface area contributed by atoms with Gasteiger partial charge in [-0.25, -0.2) is 4.39 Å². The molecule has 5 nitrogen and oxygen atoms in total. The Kier molecular flexibility index (Phi) is 6.19. The first-order chi connectivity index (χ1) is 13.5. The number of nitrogens with one attached hydrogen (secondary N) is 1. The molecule has 1 aliphatic heterocycles. The van der Waals surface area contributed by atoms with Gasteiger partial charge in [-0.1, -0.05) is 18.2 Å². The number of likely N-dealkylation sites (tertiary alicyclic amines) is 1. The number of carbonyl (C=O) groups excluding carboxylic acids is 3. The largest absolute Gasteiger partial charge is 0.352 e. The topological polar surface area (TPSA) is 66.5 Å². The van der Waals surface area contributed by atoms with E-state index in [1.54, 1.807) is 29.2 Å². The SMILES string of the molecule is CC(=O)c1ccccc1C(=O)N1CCC[C@@H](CNC(=O)c2ccc(F)cc2)C1. The van der Waals surface area contributed by atoms with E-state index in [2.05, 4.69) is 5.32 Å². The number of hydrogen-bond acceptors (Lipinski definition) is 3. The van der Waals surface area contributed by atoms with E-state index in [4.69, 9.17) is 0 Å². The minimum Gasteiger partial charge on any atom is -0.352 e. The van der Waals surface area contributed by atoms with E-state index < -0.39 is 0 Å². The second-order valence-electron chi connectivity index (χ2n) is 7.08. The lowest BCUT2D eigenvalue weighted by atomic mass is 9.96. The average Bonchev–Trinajstić information content (AvgIpc) is 2.72. The standard InChI is InChI=1S/C22H23FN2O3/c1-15(26)19-6-2-3-7-20(19)22(28)25-12-4-5-16(14-25)13-24-21(27)17-8-10-18(23)11-9-17/h2-3,6-11,16H,4-5,12-14H2,1H3,(H,24,27)/t16-/m0/s1. The number of piperidine rings is 1. The summed E-state index contributed by atoms with van der Waals surface area (Å²) in [5.41, 5.74) is 1.26. The van der Waals surface area contributed by atoms with Crippen LogP contribution in [0.3, 0.4) is 0 Å². The molecule has 1 aliphatic rings. The Balaban J connectivity index is 1.61. The Hall–Kier alpha value is -3.02. The summed E-state index contributed by atoms with van der Waals surface area (Å²) in [7, 11) is 0. The zero-order valence-corrected chi connectivity index (χ0v) is 15.8. The second kappa shape index (κ2) is 8.78. The van der Waals surface area contributed by atoms with Crippen LogP contribution < -0.4 is 5.32 Å². The number of hydrogen-bond donors (Lipinski definition) is 1. The van der Waals surface area contributed by atoms with Crippen molar-refractivity contribution in [3.8, 4) is 0 Å². The molecule has 6 heteroatoms. The fraction of sp³-hybridized carbons (Fsp3) is 0.318. The van der Waals surface area contributed by atoms with Crippen LogP contribution in [0, 0.1) is 11.7 Å². The summed E-state index contributed by atoms with van der Waals surface area (Å²) in [5, 5.41) is 2.86. The molecule has 0 aromatic heterocycles. The first-order valence-corrected chi connectivity index (χ1v) is 9.38. The molecule has 1 fully saturated rings. The monoisotopic (exact) mass is 382 g/mol. The highest BCUT2D eigenvalue weighted by molar-refractivity contribution is 6.07. The van der Waals surface area contributed by atoms with Crippen molar-refractivity contribution < 1.29 is 18.8 Å². The quantitative estimate of drug-likeness (QED) is 0.807. The molecule has 3 rings (SSSR count). The summed E-state index contributed by atoms with van der Waals surface area (Å²) in [6.45, 7) is 3.05. The van der Waals surface area contributed by atoms with Crippen LogP contribution in [0.25, 0.3) is 0 Å². The zero-order valence-electron chi connectivity index (χ0n) is 15.8. The fourth-order valence-electron chi connectivity index (χ4n) is 3.50. The number of amides is 2. The lowest BCUT2D eigenvalue weighted by molar-refractivity contribution is 0.0667. The van der Waals surface area contributed by atoms with Crippen molar-refractivity contribution in [1.82, 2.24) is 10.2 Å². The van der Waals surface area contributed by atoms with Crippen LogP contribution in [0.1, 0.15) is 50.8 Å². The van der Waals surface area contributed by atoms with Gasteiger partial charge in [0.2, 0.25) is 0 Å². The number of Topliss-reactive ketones (excluding diaryl/α,β-unsaturated/α-hetero) is 1. The van der Waals surface area contributed by atoms with Gasteiger partial charge >= 0.3 is 0 Å². The normalized spacial score (nSPS) is 16.5. The highest BCUT2D eigenvalue weighted by Crippen LogP contribution is 2.20. The van der Waals surface area contributed by atoms with E-state index in [1.807, 2.05) is 0 Å². The van der Waals surface area contributed by atoms with Crippen LogP contribution in [0.5, 0.6) is 0 Å². The Morgan fingerprint density at radius 3 is 2.43 bits per heavy atom. The Morgan fingerprint density at radius 1 is 1.07 bits per heavy atom. The predicted octanol–water partition coefficient (Wildman–Crippen LogP) is 3.31. The minimum absolute atomic E-state index is 0.131. The molecule has 2 aromatic carbocycles. The van der Waals surface area contributed by atoms with Crippen molar-refractivity contribution >= 4 is 17.6 Å². The van der Waals surface area contributed by atoms with Crippen LogP contribution in [0.2, 0.25) is 0 Å². The van der Waals surface area contributed by atoms with Gasteiger partial charge < -0.3 is 10.2 Å². The highest BCUT2D eigenvalue weighted by atomic mass is 19.1. The van der Waals surface area contributed by atoms with Crippen LogP contribution in [-0.2, 0) is 0 Å². The molecule has 0 radical (unpaired) electrons. The predicted molar refractivity (Wildman–Crippen MR) is 104 cm³/mol. The van der Waals surface area contributed by atoms with Crippen LogP contribution in [0.15, 0.2) is 48.5 Å². The molecule has 0 bridgehead atoms. The molecule has 0 unspecified atom stereocenters. The number of rotatable bonds is 5. The molecule has 1 saturated heterocycles. The first-order valence-electron chi connectivity index (χ1n) is 9.38. The summed E-state index contributed by atoms with van der Waals surface area (Å²) in [6, 6.07) is 12.2. The Labute approximate surface area is 163 Å². The molecule has 0 aliphatic carbocycles. The maximum atomic E-state index is 13.0. The lowest BCUT2D eigenvalue weighted by Gasteiger charge is -2.33. The second-order valence-corrected chi connectivity index (χ2v) is 7.08. The summed E-state index contributed by atoms with van der Waals surface area (Å²) < 4.78 is 13.0. The Bertz CT molecular complexity index is 880. The van der Waals surface area contributed by atoms with Crippen LogP contribution in [-0.4, -0.2) is 42.1 Å². The van der Waals surface area contributed by atoms with E-state index in [0.29, 0.717) is 36.3 Å². The molecule has 1 atom stereocenters. The summed E-state index contributed by atoms with van der Waals surface area (Å²) in [4.78, 5) is 38.7. The molecule has 146 valence electrons. The third-order valence-corrected chi connectivity index (χ3v) is 5.00. The van der Waals surface area contributed by atoms with Crippen LogP contribution >= 0.6 is 0 Å². The van der Waals surface area contributed by atoms with Crippen molar-refractivity contribution in [1.29, 1.82) is 0 Å². The third-order valence-electron chi connectivity index (χ3n) is 5.00. The molecule has 2 amide bonds. The molecular formula is C22H23FN2O3. The number of nitrogens with zero attached hydrogens (tertiary/aromatic N) is 1. The van der Waals surface area contributed by atoms with E-state index in [-0.39, 0.29) is 29.3 Å². The number of ketones is 1. The van der Waals surface area contributed by atoms with E-state index >= 15 is 0 Å². The summed E-state index contributed by atoms with van der Waals surface area (Å²) in [6.07, 6.45) is 1.74. The van der Waals surface area contributed by atoms with Crippen LogP contribution in [0.4, 0.5) is 4.39 Å². The van der Waals surface area contributed by atoms with Gasteiger partial charge in [-0.3, -0.25) is 14.4 Å². The molecule has 1 heterocycles. The van der Waals surface area contributed by atoms with Gasteiger partial charge in [0.15, 0.2) is 5.78 Å². The van der Waals surface area contributed by atoms with Crippen molar-refractivity contribution in [2.45, 2.75) is 19.8 Å². The molecule has 1 N–H and O–H groups in total. The fourth-order valence-corrected chi connectivity index (χ4v) is 3.50. The maximum absolute atomic E-state index is 13.0. The summed E-state index contributed by atoms with van der Waals surface area (Å²) >= 11 is 0. The van der Waals surface area contributed by atoms with Crippen molar-refractivity contribution in [3.63, 3.8) is 0 Å². The van der Waals surface area contributed by atoms with Gasteiger partial charge in [0.05, 0.1) is 5.56 Å². The third kappa shape index (κ3) is 4.63. The van der Waals surface area contributed by atoms with Gasteiger partial charge in [0.1, 0.15) is 5.82 Å². The lowest BCUT2D eigenvalue weighted by Crippen LogP contribution is -2.44. The summed E-state index contributed by atoms with van der Waals surface area (Å²) in [5.74, 6) is -0.801. The van der Waals surface area contributed by atoms with Crippen molar-refractivity contribution in [2.24, 2.45) is 5.92 Å². The number of halogens is 1. The van der Waals surface area contributed by atoms with E-state index in [0.717, 1.165) is 12.8 Å². The van der Waals surface area contributed by atoms with Gasteiger partial charge in [-0.05, 0) is 56.0 Å². The smallest absolute Gasteiger partial charge is 0.254 e. The molecule has 0 spiro atoms. The highest BCUT2D eigenvalue weighted by Gasteiger charge is 2.26. The van der Waals surface area contributed by atoms with Gasteiger partial charge in [0.25, 0.3) is 11.8 Å². The van der Waals surface area contributed by atoms with E-state index in [9.17, 15) is 18.8 Å². The Morgan fingerprint density at radius 2 is 1.75 bits per heavy atom.